The van der Waals surface area contributed by atoms with Crippen molar-refractivity contribution in [3.63, 3.8) is 0 Å². The molecule has 0 fully saturated rings. The van der Waals surface area contributed by atoms with E-state index in [0.717, 1.165) is 0 Å². The molecule has 0 aliphatic rings. The second kappa shape index (κ2) is 30.7. The van der Waals surface area contributed by atoms with Gasteiger partial charge in [-0.3, -0.25) is 0 Å². The van der Waals surface area contributed by atoms with Gasteiger partial charge in [-0.25, -0.2) is 0 Å². The van der Waals surface area contributed by atoms with Crippen LogP contribution < -0.4 is 0 Å². The van der Waals surface area contributed by atoms with Crippen molar-refractivity contribution < 1.29 is 35.6 Å². The zero-order valence-corrected chi connectivity index (χ0v) is 24.4. The summed E-state index contributed by atoms with van der Waals surface area (Å²) in [6.45, 7) is 24.8. The maximum atomic E-state index is 11.6. The van der Waals surface area contributed by atoms with Crippen molar-refractivity contribution in [3.05, 3.63) is 12.2 Å². The Morgan fingerprint density at radius 2 is 0.909 bits per heavy atom. The Kier molecular flexibility index (Phi) is 45.6. The molecule has 0 rings (SSSR count). The molecular formula is C24H50F6O2Si. The van der Waals surface area contributed by atoms with Crippen molar-refractivity contribution in [2.45, 2.75) is 114 Å². The van der Waals surface area contributed by atoms with E-state index in [0.29, 0.717) is 0 Å². The second-order valence-corrected chi connectivity index (χ2v) is 12.2. The predicted octanol–water partition coefficient (Wildman–Crippen LogP) is 9.86. The highest BCUT2D eigenvalue weighted by Gasteiger charge is 2.64. The van der Waals surface area contributed by atoms with E-state index in [9.17, 15) is 26.3 Å². The van der Waals surface area contributed by atoms with Crippen molar-refractivity contribution in [3.8, 4) is 11.8 Å². The fourth-order valence-corrected chi connectivity index (χ4v) is 0.161. The summed E-state index contributed by atoms with van der Waals surface area (Å²) in [5.41, 5.74) is -3.62. The van der Waals surface area contributed by atoms with Crippen LogP contribution in [0.4, 0.5) is 26.3 Å². The maximum absolute atomic E-state index is 11.6. The van der Waals surface area contributed by atoms with Gasteiger partial charge in [0.25, 0.3) is 0 Å². The summed E-state index contributed by atoms with van der Waals surface area (Å²) in [5.74, 6) is 5.36. The molecule has 0 saturated heterocycles. The third-order valence-electron chi connectivity index (χ3n) is 2.61. The summed E-state index contributed by atoms with van der Waals surface area (Å²) in [6, 6.07) is 0. The number of hydrogen-bond acceptors (Lipinski definition) is 2. The van der Waals surface area contributed by atoms with Crippen LogP contribution in [0.1, 0.15) is 82.1 Å². The molecule has 204 valence electrons. The molecular weight excluding hydrogens is 462 g/mol. The van der Waals surface area contributed by atoms with Crippen LogP contribution >= 0.6 is 0 Å². The second-order valence-electron chi connectivity index (χ2n) is 7.52. The first-order valence-corrected chi connectivity index (χ1v) is 14.0. The third-order valence-corrected chi connectivity index (χ3v) is 3.84. The van der Waals surface area contributed by atoms with Crippen LogP contribution in [0.3, 0.4) is 0 Å². The van der Waals surface area contributed by atoms with E-state index in [1.54, 1.807) is 7.11 Å². The Hall–Kier alpha value is -1.27. The highest BCUT2D eigenvalue weighted by molar-refractivity contribution is 6.69. The molecule has 0 aliphatic carbocycles. The highest BCUT2D eigenvalue weighted by atomic mass is 28.4. The highest BCUT2D eigenvalue weighted by Crippen LogP contribution is 2.49. The minimum Gasteiger partial charge on any atom is -0.421 e. The first kappa shape index (κ1) is 49.0. The maximum Gasteiger partial charge on any atom is 0.402 e. The average molecular weight is 513 g/mol. The van der Waals surface area contributed by atoms with Crippen molar-refractivity contribution in [1.82, 2.24) is 0 Å². The van der Waals surface area contributed by atoms with Gasteiger partial charge >= 0.3 is 12.4 Å². The lowest BCUT2D eigenvalue weighted by atomic mass is 9.92. The summed E-state index contributed by atoms with van der Waals surface area (Å²) in [6.07, 6.45) is -3.99. The lowest BCUT2D eigenvalue weighted by Crippen LogP contribution is -2.44. The first-order chi connectivity index (χ1) is 14.7. The van der Waals surface area contributed by atoms with Gasteiger partial charge < -0.3 is 9.22 Å². The Bertz CT molecular complexity index is 413. The molecule has 0 aromatic rings. The van der Waals surface area contributed by atoms with E-state index in [1.165, 1.54) is 12.8 Å². The third kappa shape index (κ3) is 53.7. The van der Waals surface area contributed by atoms with Crippen molar-refractivity contribution in [1.29, 1.82) is 0 Å². The molecule has 0 aliphatic heterocycles. The standard InChI is InChI=1S/C5H6F6.C4H12OSi.C4H8.C4H6.2C3H8.CH2O/c1-3(2,4(6,7)8)5(9,10)11;1-5-6(2,3)4;2*1-3-4-2;2*1-3-2;1-2/h1-2H3;1-4H3;3-4H,1-2H3;1-2H3;2*3H2,1-2H3;1H2. The molecule has 0 saturated carbocycles. The largest absolute Gasteiger partial charge is 0.421 e. The van der Waals surface area contributed by atoms with E-state index in [-0.39, 0.29) is 13.8 Å². The molecule has 2 nitrogen and oxygen atoms in total. The molecule has 0 aromatic carbocycles. The van der Waals surface area contributed by atoms with E-state index in [2.05, 4.69) is 59.2 Å². The van der Waals surface area contributed by atoms with E-state index >= 15 is 0 Å². The quantitative estimate of drug-likeness (QED) is 0.151. The summed E-state index contributed by atoms with van der Waals surface area (Å²) in [5, 5.41) is 0. The Morgan fingerprint density at radius 3 is 0.909 bits per heavy atom. The number of halogens is 6. The zero-order valence-electron chi connectivity index (χ0n) is 23.4. The summed E-state index contributed by atoms with van der Waals surface area (Å²) < 4.78 is 74.7. The summed E-state index contributed by atoms with van der Waals surface area (Å²) in [4.78, 5) is 8.00. The fraction of sp³-hybridized carbons (Fsp3) is 0.792. The van der Waals surface area contributed by atoms with Gasteiger partial charge in [-0.1, -0.05) is 52.7 Å². The first-order valence-electron chi connectivity index (χ1n) is 10.6. The van der Waals surface area contributed by atoms with Gasteiger partial charge in [-0.2, -0.15) is 26.3 Å². The smallest absolute Gasteiger partial charge is 0.402 e. The van der Waals surface area contributed by atoms with Crippen LogP contribution in [0.25, 0.3) is 0 Å². The molecule has 0 radical (unpaired) electrons. The molecule has 0 bridgehead atoms. The van der Waals surface area contributed by atoms with E-state index < -0.39 is 26.1 Å². The molecule has 0 N–H and O–H groups in total. The number of carbonyl (C=O) groups excluding carboxylic acids is 1. The normalized spacial score (nSPS) is 10.1. The fourth-order valence-electron chi connectivity index (χ4n) is 0.161. The molecule has 0 amide bonds. The lowest BCUT2D eigenvalue weighted by Gasteiger charge is -2.29. The van der Waals surface area contributed by atoms with Gasteiger partial charge in [0, 0.05) is 7.11 Å². The van der Waals surface area contributed by atoms with Crippen molar-refractivity contribution in [2.24, 2.45) is 5.41 Å². The molecule has 9 heteroatoms. The lowest BCUT2D eigenvalue weighted by molar-refractivity contribution is -0.327. The number of alkyl halides is 6. The minimum atomic E-state index is -5.24. The van der Waals surface area contributed by atoms with Gasteiger partial charge in [0.15, 0.2) is 13.7 Å². The van der Waals surface area contributed by atoms with Gasteiger partial charge in [-0.15, -0.1) is 11.8 Å². The number of rotatable bonds is 1. The van der Waals surface area contributed by atoms with Gasteiger partial charge in [0.2, 0.25) is 0 Å². The molecule has 0 atom stereocenters. The predicted molar refractivity (Wildman–Crippen MR) is 135 cm³/mol. The number of carbonyl (C=O) groups is 1. The number of allylic oxidation sites excluding steroid dienone is 2. The van der Waals surface area contributed by atoms with Gasteiger partial charge in [0.05, 0.1) is 0 Å². The minimum absolute atomic E-state index is 0.104. The summed E-state index contributed by atoms with van der Waals surface area (Å²) >= 11 is 0. The Balaban J connectivity index is -0.0000000526. The SMILES string of the molecule is C=O.CC#CC.CC(C)(C(F)(F)F)C(F)(F)F.CC=CC.CCC.CCC.CO[Si](C)(C)C. The average Bonchev–Trinajstić information content (AvgIpc) is 2.69. The molecule has 33 heavy (non-hydrogen) atoms. The van der Waals surface area contributed by atoms with Crippen LogP contribution in [-0.2, 0) is 9.22 Å². The topological polar surface area (TPSA) is 26.3 Å². The molecule has 0 unspecified atom stereocenters. The van der Waals surface area contributed by atoms with E-state index in [4.69, 9.17) is 9.22 Å². The van der Waals surface area contributed by atoms with Crippen LogP contribution in [0, 0.1) is 17.3 Å². The van der Waals surface area contributed by atoms with E-state index in [1.807, 2.05) is 46.6 Å². The van der Waals surface area contributed by atoms with Crippen LogP contribution in [0.15, 0.2) is 12.2 Å². The Labute approximate surface area is 201 Å². The van der Waals surface area contributed by atoms with Gasteiger partial charge in [0.1, 0.15) is 6.79 Å². The number of hydrogen-bond donors (Lipinski definition) is 0. The van der Waals surface area contributed by atoms with Crippen molar-refractivity contribution >= 4 is 15.1 Å². The van der Waals surface area contributed by atoms with Gasteiger partial charge in [-0.05, 0) is 61.2 Å². The molecule has 0 aromatic heterocycles. The molecule has 0 spiro atoms. The zero-order chi connectivity index (χ0) is 28.9. The molecule has 0 heterocycles. The summed E-state index contributed by atoms with van der Waals surface area (Å²) in [7, 11) is 0.639. The van der Waals surface area contributed by atoms with Crippen LogP contribution in [-0.4, -0.2) is 34.6 Å². The monoisotopic (exact) mass is 512 g/mol. The van der Waals surface area contributed by atoms with Crippen molar-refractivity contribution in [2.75, 3.05) is 7.11 Å². The van der Waals surface area contributed by atoms with Crippen LogP contribution in [0.2, 0.25) is 19.6 Å². The van der Waals surface area contributed by atoms with Crippen LogP contribution in [0.5, 0.6) is 0 Å². The Morgan fingerprint density at radius 1 is 0.758 bits per heavy atom.